The van der Waals surface area contributed by atoms with Gasteiger partial charge >= 0.3 is 0 Å². The molecule has 0 radical (unpaired) electrons. The molecule has 3 nitrogen and oxygen atoms in total. The summed E-state index contributed by atoms with van der Waals surface area (Å²) in [7, 11) is 0. The molecule has 2 heterocycles. The molecule has 0 unspecified atom stereocenters. The zero-order valence-electron chi connectivity index (χ0n) is 12.4. The molecule has 0 amide bonds. The second-order valence-corrected chi connectivity index (χ2v) is 6.33. The van der Waals surface area contributed by atoms with Crippen LogP contribution in [0.1, 0.15) is 6.92 Å². The van der Waals surface area contributed by atoms with E-state index >= 15 is 0 Å². The van der Waals surface area contributed by atoms with Gasteiger partial charge in [0.1, 0.15) is 5.82 Å². The molecule has 4 rings (SSSR count). The molecule has 0 spiro atoms. The molecule has 0 aliphatic rings. The highest BCUT2D eigenvalue weighted by Gasteiger charge is 2.14. The van der Waals surface area contributed by atoms with Crippen LogP contribution >= 0.6 is 11.3 Å². The molecule has 5 heteroatoms. The maximum atomic E-state index is 14.0. The Labute approximate surface area is 135 Å². The van der Waals surface area contributed by atoms with Gasteiger partial charge in [0, 0.05) is 29.2 Å². The minimum atomic E-state index is -0.369. The molecule has 23 heavy (non-hydrogen) atoms. The SMILES string of the molecule is CCNc1cccc2ncc3sc4c(F)cccc4c(=O)c3c12. The number of aromatic nitrogens is 1. The van der Waals surface area contributed by atoms with Crippen molar-refractivity contribution in [2.24, 2.45) is 0 Å². The Morgan fingerprint density at radius 1 is 1.17 bits per heavy atom. The zero-order chi connectivity index (χ0) is 16.0. The van der Waals surface area contributed by atoms with Gasteiger partial charge < -0.3 is 5.32 Å². The molecule has 1 N–H and O–H groups in total. The number of anilines is 1. The van der Waals surface area contributed by atoms with Crippen LogP contribution in [0.5, 0.6) is 0 Å². The van der Waals surface area contributed by atoms with Crippen molar-refractivity contribution in [2.75, 3.05) is 11.9 Å². The van der Waals surface area contributed by atoms with Gasteiger partial charge in [0.05, 0.1) is 20.3 Å². The van der Waals surface area contributed by atoms with Gasteiger partial charge in [-0.2, -0.15) is 0 Å². The molecule has 2 aromatic carbocycles. The highest BCUT2D eigenvalue weighted by molar-refractivity contribution is 7.24. The van der Waals surface area contributed by atoms with Crippen LogP contribution in [0.3, 0.4) is 0 Å². The number of hydrogen-bond acceptors (Lipinski definition) is 4. The van der Waals surface area contributed by atoms with Crippen molar-refractivity contribution in [3.05, 3.63) is 58.6 Å². The average Bonchev–Trinajstić information content (AvgIpc) is 2.56. The first-order valence-electron chi connectivity index (χ1n) is 7.37. The van der Waals surface area contributed by atoms with Crippen molar-refractivity contribution in [3.63, 3.8) is 0 Å². The van der Waals surface area contributed by atoms with E-state index in [-0.39, 0.29) is 11.2 Å². The summed E-state index contributed by atoms with van der Waals surface area (Å²) in [5, 5.41) is 5.11. The first-order chi connectivity index (χ1) is 11.2. The van der Waals surface area contributed by atoms with Crippen LogP contribution in [0.15, 0.2) is 47.4 Å². The highest BCUT2D eigenvalue weighted by Crippen LogP contribution is 2.33. The van der Waals surface area contributed by atoms with Gasteiger partial charge in [-0.1, -0.05) is 12.1 Å². The molecule has 0 saturated heterocycles. The topological polar surface area (TPSA) is 42.0 Å². The molecular formula is C18H13FN2OS. The summed E-state index contributed by atoms with van der Waals surface area (Å²) in [5.74, 6) is -0.369. The molecular weight excluding hydrogens is 311 g/mol. The Morgan fingerprint density at radius 2 is 2.00 bits per heavy atom. The summed E-state index contributed by atoms with van der Waals surface area (Å²) >= 11 is 1.27. The normalized spacial score (nSPS) is 11.4. The van der Waals surface area contributed by atoms with Gasteiger partial charge in [0.25, 0.3) is 0 Å². The molecule has 0 atom stereocenters. The average molecular weight is 324 g/mol. The summed E-state index contributed by atoms with van der Waals surface area (Å²) in [6, 6.07) is 10.4. The van der Waals surface area contributed by atoms with E-state index in [0.717, 1.165) is 23.1 Å². The number of halogens is 1. The molecule has 0 bridgehead atoms. The van der Waals surface area contributed by atoms with Crippen LogP contribution in [-0.2, 0) is 0 Å². The molecule has 0 saturated carbocycles. The Morgan fingerprint density at radius 3 is 2.83 bits per heavy atom. The smallest absolute Gasteiger partial charge is 0.196 e. The van der Waals surface area contributed by atoms with Crippen LogP contribution < -0.4 is 10.7 Å². The fourth-order valence-electron chi connectivity index (χ4n) is 2.90. The number of hydrogen-bond donors (Lipinski definition) is 1. The van der Waals surface area contributed by atoms with Crippen molar-refractivity contribution in [1.29, 1.82) is 0 Å². The van der Waals surface area contributed by atoms with E-state index in [1.165, 1.54) is 17.4 Å². The van der Waals surface area contributed by atoms with E-state index in [2.05, 4.69) is 10.3 Å². The number of pyridine rings is 1. The van der Waals surface area contributed by atoms with E-state index in [4.69, 9.17) is 0 Å². The van der Waals surface area contributed by atoms with Crippen molar-refractivity contribution in [2.45, 2.75) is 6.92 Å². The minimum absolute atomic E-state index is 0.147. The fourth-order valence-corrected chi connectivity index (χ4v) is 3.96. The zero-order valence-corrected chi connectivity index (χ0v) is 13.2. The molecule has 0 aliphatic carbocycles. The Kier molecular flexibility index (Phi) is 3.23. The van der Waals surface area contributed by atoms with Gasteiger partial charge in [-0.3, -0.25) is 9.78 Å². The third kappa shape index (κ3) is 2.08. The Hall–Kier alpha value is -2.53. The summed E-state index contributed by atoms with van der Waals surface area (Å²) in [4.78, 5) is 17.4. The maximum Gasteiger partial charge on any atom is 0.196 e. The van der Waals surface area contributed by atoms with Crippen LogP contribution in [0, 0.1) is 5.82 Å². The molecule has 4 aromatic rings. The predicted molar refractivity (Wildman–Crippen MR) is 95.0 cm³/mol. The van der Waals surface area contributed by atoms with Crippen molar-refractivity contribution >= 4 is 48.1 Å². The molecule has 0 aliphatic heterocycles. The minimum Gasteiger partial charge on any atom is -0.385 e. The van der Waals surface area contributed by atoms with Gasteiger partial charge in [-0.05, 0) is 31.2 Å². The number of nitrogens with zero attached hydrogens (tertiary/aromatic N) is 1. The van der Waals surface area contributed by atoms with Crippen LogP contribution in [0.4, 0.5) is 10.1 Å². The quantitative estimate of drug-likeness (QED) is 0.435. The van der Waals surface area contributed by atoms with Gasteiger partial charge in [-0.25, -0.2) is 4.39 Å². The summed E-state index contributed by atoms with van der Waals surface area (Å²) in [6.45, 7) is 2.75. The maximum absolute atomic E-state index is 14.0. The second kappa shape index (κ2) is 5.28. The van der Waals surface area contributed by atoms with Crippen molar-refractivity contribution < 1.29 is 4.39 Å². The molecule has 0 fully saturated rings. The van der Waals surface area contributed by atoms with Gasteiger partial charge in [0.2, 0.25) is 0 Å². The lowest BCUT2D eigenvalue weighted by molar-refractivity contribution is 0.641. The second-order valence-electron chi connectivity index (χ2n) is 5.28. The fraction of sp³-hybridized carbons (Fsp3) is 0.111. The Balaban J connectivity index is 2.28. The lowest BCUT2D eigenvalue weighted by Crippen LogP contribution is -2.05. The summed E-state index contributed by atoms with van der Waals surface area (Å²) < 4.78 is 15.1. The number of nitrogens with one attached hydrogen (secondary N) is 1. The molecule has 114 valence electrons. The van der Waals surface area contributed by atoms with Crippen LogP contribution in [0.2, 0.25) is 0 Å². The van der Waals surface area contributed by atoms with E-state index in [1.54, 1.807) is 18.3 Å². The largest absolute Gasteiger partial charge is 0.385 e. The molecule has 2 aromatic heterocycles. The first kappa shape index (κ1) is 14.1. The van der Waals surface area contributed by atoms with E-state index in [0.29, 0.717) is 20.2 Å². The number of rotatable bonds is 2. The van der Waals surface area contributed by atoms with Crippen molar-refractivity contribution in [1.82, 2.24) is 4.98 Å². The van der Waals surface area contributed by atoms with Crippen molar-refractivity contribution in [3.8, 4) is 0 Å². The Bertz CT molecular complexity index is 1120. The van der Waals surface area contributed by atoms with Gasteiger partial charge in [0.15, 0.2) is 5.43 Å². The third-order valence-electron chi connectivity index (χ3n) is 3.88. The van der Waals surface area contributed by atoms with E-state index < -0.39 is 0 Å². The van der Waals surface area contributed by atoms with Crippen LogP contribution in [0.25, 0.3) is 31.1 Å². The number of benzene rings is 2. The third-order valence-corrected chi connectivity index (χ3v) is 5.03. The first-order valence-corrected chi connectivity index (χ1v) is 8.19. The van der Waals surface area contributed by atoms with Gasteiger partial charge in [-0.15, -0.1) is 11.3 Å². The summed E-state index contributed by atoms with van der Waals surface area (Å²) in [5.41, 5.74) is 1.49. The highest BCUT2D eigenvalue weighted by atomic mass is 32.1. The summed E-state index contributed by atoms with van der Waals surface area (Å²) in [6.07, 6.45) is 1.66. The monoisotopic (exact) mass is 324 g/mol. The van der Waals surface area contributed by atoms with E-state index in [1.807, 2.05) is 25.1 Å². The standard InChI is InChI=1S/C18H13FN2OS/c1-2-20-12-7-4-8-13-15(12)16-14(9-21-13)23-18-10(17(16)22)5-3-6-11(18)19/h3-9,20H,2H2,1H3. The van der Waals surface area contributed by atoms with Crippen LogP contribution in [-0.4, -0.2) is 11.5 Å². The lowest BCUT2D eigenvalue weighted by Gasteiger charge is -2.10. The number of fused-ring (bicyclic) bond motifs is 4. The predicted octanol–water partition coefficient (Wildman–Crippen LogP) is 4.53. The van der Waals surface area contributed by atoms with E-state index in [9.17, 15) is 9.18 Å². The lowest BCUT2D eigenvalue weighted by atomic mass is 10.1.